The number of benzene rings is 1. The first-order valence-electron chi connectivity index (χ1n) is 8.34. The molecule has 0 unspecified atom stereocenters. The molecular formula is C19H18N4OS2. The summed E-state index contributed by atoms with van der Waals surface area (Å²) < 4.78 is 0. The first kappa shape index (κ1) is 17.2. The Morgan fingerprint density at radius 2 is 2.04 bits per heavy atom. The molecule has 0 bridgehead atoms. The van der Waals surface area contributed by atoms with E-state index >= 15 is 0 Å². The van der Waals surface area contributed by atoms with E-state index in [2.05, 4.69) is 40.0 Å². The van der Waals surface area contributed by atoms with Crippen LogP contribution in [0.1, 0.15) is 12.5 Å². The van der Waals surface area contributed by atoms with Crippen molar-refractivity contribution < 1.29 is 4.79 Å². The van der Waals surface area contributed by atoms with Gasteiger partial charge in [0.05, 0.1) is 10.7 Å². The molecule has 2 aromatic rings. The number of likely N-dealkylation sites (N-methyl/N-ethyl adjacent to an activating group) is 1. The molecule has 26 heavy (non-hydrogen) atoms. The summed E-state index contributed by atoms with van der Waals surface area (Å²) in [6, 6.07) is 11.9. The third-order valence-electron chi connectivity index (χ3n) is 4.22. The van der Waals surface area contributed by atoms with E-state index in [0.29, 0.717) is 17.5 Å². The van der Waals surface area contributed by atoms with E-state index in [-0.39, 0.29) is 5.91 Å². The highest BCUT2D eigenvalue weighted by molar-refractivity contribution is 8.19. The molecule has 2 aliphatic heterocycles. The Balaban J connectivity index is 1.73. The lowest BCUT2D eigenvalue weighted by Crippen LogP contribution is -2.29. The zero-order valence-electron chi connectivity index (χ0n) is 14.8. The van der Waals surface area contributed by atoms with Crippen LogP contribution in [0.5, 0.6) is 0 Å². The van der Waals surface area contributed by atoms with E-state index in [1.165, 1.54) is 22.2 Å². The first-order valence-corrected chi connectivity index (χ1v) is 9.97. The molecule has 132 valence electrons. The van der Waals surface area contributed by atoms with Crippen molar-refractivity contribution in [1.29, 1.82) is 0 Å². The van der Waals surface area contributed by atoms with Gasteiger partial charge in [-0.2, -0.15) is 0 Å². The number of carbonyl (C=O) groups is 1. The monoisotopic (exact) mass is 382 g/mol. The van der Waals surface area contributed by atoms with Crippen molar-refractivity contribution in [2.24, 2.45) is 4.99 Å². The third kappa shape index (κ3) is 2.91. The minimum atomic E-state index is 0.00561. The van der Waals surface area contributed by atoms with Crippen LogP contribution < -0.4 is 4.90 Å². The maximum Gasteiger partial charge on any atom is 0.269 e. The van der Waals surface area contributed by atoms with Gasteiger partial charge in [-0.25, -0.2) is 9.98 Å². The Hall–Kier alpha value is -2.25. The molecule has 0 saturated carbocycles. The van der Waals surface area contributed by atoms with Gasteiger partial charge < -0.3 is 4.90 Å². The van der Waals surface area contributed by atoms with Gasteiger partial charge in [-0.1, -0.05) is 23.9 Å². The molecule has 0 N–H and O–H groups in total. The number of hydrogen-bond acceptors (Lipinski definition) is 6. The molecule has 1 amide bonds. The molecule has 1 aromatic heterocycles. The maximum absolute atomic E-state index is 13.0. The molecule has 2 aliphatic rings. The Morgan fingerprint density at radius 3 is 2.77 bits per heavy atom. The number of thioether (sulfide) groups is 2. The van der Waals surface area contributed by atoms with Gasteiger partial charge in [0.1, 0.15) is 4.91 Å². The van der Waals surface area contributed by atoms with Crippen molar-refractivity contribution >= 4 is 46.1 Å². The smallest absolute Gasteiger partial charge is 0.269 e. The zero-order valence-corrected chi connectivity index (χ0v) is 16.4. The minimum absolute atomic E-state index is 0.00561. The summed E-state index contributed by atoms with van der Waals surface area (Å²) in [5.74, 6) is 0.616. The Labute approximate surface area is 161 Å². The lowest BCUT2D eigenvalue weighted by Gasteiger charge is -2.15. The van der Waals surface area contributed by atoms with Gasteiger partial charge in [0, 0.05) is 24.7 Å². The fourth-order valence-corrected chi connectivity index (χ4v) is 5.37. The van der Waals surface area contributed by atoms with Crippen molar-refractivity contribution in [3.63, 3.8) is 0 Å². The average molecular weight is 383 g/mol. The highest BCUT2D eigenvalue weighted by Crippen LogP contribution is 2.50. The molecule has 1 aromatic carbocycles. The normalized spacial score (nSPS) is 21.0. The summed E-state index contributed by atoms with van der Waals surface area (Å²) in [6.07, 6.45) is 1.70. The molecule has 0 atom stereocenters. The molecule has 7 heteroatoms. The quantitative estimate of drug-likeness (QED) is 0.721. The van der Waals surface area contributed by atoms with Crippen LogP contribution in [0.25, 0.3) is 0 Å². The van der Waals surface area contributed by atoms with Gasteiger partial charge in [0.15, 0.2) is 11.0 Å². The Kier molecular flexibility index (Phi) is 4.50. The van der Waals surface area contributed by atoms with Crippen LogP contribution in [-0.4, -0.2) is 34.6 Å². The molecular weight excluding hydrogens is 364 g/mol. The molecule has 1 fully saturated rings. The fraction of sp³-hybridized carbons (Fsp3) is 0.211. The summed E-state index contributed by atoms with van der Waals surface area (Å²) in [6.45, 7) is 4.62. The Morgan fingerprint density at radius 1 is 1.19 bits per heavy atom. The maximum atomic E-state index is 13.0. The van der Waals surface area contributed by atoms with Crippen molar-refractivity contribution in [3.05, 3.63) is 58.1 Å². The van der Waals surface area contributed by atoms with Crippen molar-refractivity contribution in [1.82, 2.24) is 9.88 Å². The standard InChI is InChI=1S/C19H18N4OS2/c1-4-23-17(24)16(26-19(23)21-15-7-5-6-10-20-15)18-22(3)13-9-8-12(2)11-14(13)25-18/h5-11H,4H2,1-3H3/b18-16+,21-19?. The van der Waals surface area contributed by atoms with E-state index in [1.807, 2.05) is 32.2 Å². The van der Waals surface area contributed by atoms with E-state index in [1.54, 1.807) is 22.9 Å². The predicted molar refractivity (Wildman–Crippen MR) is 109 cm³/mol. The lowest BCUT2D eigenvalue weighted by atomic mass is 10.2. The number of hydrogen-bond donors (Lipinski definition) is 0. The molecule has 4 rings (SSSR count). The highest BCUT2D eigenvalue weighted by atomic mass is 32.2. The number of pyridine rings is 1. The predicted octanol–water partition coefficient (Wildman–Crippen LogP) is 4.38. The number of nitrogens with zero attached hydrogens (tertiary/aromatic N) is 4. The number of aryl methyl sites for hydroxylation is 1. The Bertz CT molecular complexity index is 940. The largest absolute Gasteiger partial charge is 0.337 e. The van der Waals surface area contributed by atoms with Crippen LogP contribution in [0.4, 0.5) is 11.5 Å². The molecule has 5 nitrogen and oxygen atoms in total. The van der Waals surface area contributed by atoms with Crippen LogP contribution >= 0.6 is 23.5 Å². The molecule has 1 saturated heterocycles. The average Bonchev–Trinajstić information content (AvgIpc) is 3.12. The number of rotatable bonds is 2. The van der Waals surface area contributed by atoms with E-state index in [0.717, 1.165) is 15.6 Å². The van der Waals surface area contributed by atoms with Gasteiger partial charge in [-0.05, 0) is 55.4 Å². The number of amidine groups is 1. The third-order valence-corrected chi connectivity index (χ3v) is 6.64. The van der Waals surface area contributed by atoms with E-state index in [9.17, 15) is 4.79 Å². The summed E-state index contributed by atoms with van der Waals surface area (Å²) in [4.78, 5) is 27.5. The second kappa shape index (κ2) is 6.81. The number of aromatic nitrogens is 1. The number of anilines is 1. The second-order valence-electron chi connectivity index (χ2n) is 6.00. The molecule has 0 spiro atoms. The van der Waals surface area contributed by atoms with Crippen LogP contribution in [0.2, 0.25) is 0 Å². The minimum Gasteiger partial charge on any atom is -0.337 e. The zero-order chi connectivity index (χ0) is 18.3. The lowest BCUT2D eigenvalue weighted by molar-refractivity contribution is -0.122. The summed E-state index contributed by atoms with van der Waals surface area (Å²) >= 11 is 3.07. The van der Waals surface area contributed by atoms with Crippen LogP contribution in [0, 0.1) is 6.92 Å². The highest BCUT2D eigenvalue weighted by Gasteiger charge is 2.38. The van der Waals surface area contributed by atoms with Crippen molar-refractivity contribution in [2.45, 2.75) is 18.7 Å². The second-order valence-corrected chi connectivity index (χ2v) is 8.01. The SMILES string of the molecule is CCN1C(=O)/C(=C2\Sc3cc(C)ccc3N2C)SC1=Nc1ccccn1. The topological polar surface area (TPSA) is 48.8 Å². The van der Waals surface area contributed by atoms with E-state index in [4.69, 9.17) is 0 Å². The fourth-order valence-electron chi connectivity index (χ4n) is 2.88. The summed E-state index contributed by atoms with van der Waals surface area (Å²) in [7, 11) is 2.01. The van der Waals surface area contributed by atoms with Crippen molar-refractivity contribution in [3.8, 4) is 0 Å². The van der Waals surface area contributed by atoms with E-state index < -0.39 is 0 Å². The number of carbonyl (C=O) groups excluding carboxylic acids is 1. The number of fused-ring (bicyclic) bond motifs is 1. The van der Waals surface area contributed by atoms with Crippen molar-refractivity contribution in [2.75, 3.05) is 18.5 Å². The van der Waals surface area contributed by atoms with Gasteiger partial charge in [-0.3, -0.25) is 9.69 Å². The van der Waals surface area contributed by atoms with Gasteiger partial charge in [0.2, 0.25) is 0 Å². The van der Waals surface area contributed by atoms with Crippen LogP contribution in [-0.2, 0) is 4.79 Å². The van der Waals surface area contributed by atoms with Gasteiger partial charge in [0.25, 0.3) is 5.91 Å². The molecule has 3 heterocycles. The molecule has 0 aliphatic carbocycles. The molecule has 0 radical (unpaired) electrons. The van der Waals surface area contributed by atoms with Crippen LogP contribution in [0.15, 0.2) is 62.4 Å². The van der Waals surface area contributed by atoms with Gasteiger partial charge >= 0.3 is 0 Å². The number of amides is 1. The first-order chi connectivity index (χ1) is 12.6. The van der Waals surface area contributed by atoms with Crippen LogP contribution in [0.3, 0.4) is 0 Å². The van der Waals surface area contributed by atoms with Gasteiger partial charge in [-0.15, -0.1) is 0 Å². The number of aliphatic imine (C=N–C) groups is 1. The summed E-state index contributed by atoms with van der Waals surface area (Å²) in [5, 5.41) is 1.64. The summed E-state index contributed by atoms with van der Waals surface area (Å²) in [5.41, 5.74) is 2.35.